The number of hydrazine groups is 1. The minimum atomic E-state index is -0.838. The zero-order valence-electron chi connectivity index (χ0n) is 14.4. The third-order valence-corrected chi connectivity index (χ3v) is 3.69. The molecule has 2 aromatic rings. The molecule has 0 radical (unpaired) electrons. The Morgan fingerprint density at radius 3 is 2.54 bits per heavy atom. The topological polar surface area (TPSA) is 85.9 Å². The number of benzene rings is 2. The summed E-state index contributed by atoms with van der Waals surface area (Å²) in [5.41, 5.74) is 5.13. The van der Waals surface area contributed by atoms with E-state index in [4.69, 9.17) is 14.2 Å². The van der Waals surface area contributed by atoms with Crippen molar-refractivity contribution in [3.63, 3.8) is 0 Å². The maximum atomic E-state index is 12.2. The number of hydrogen-bond acceptors (Lipinski definition) is 5. The summed E-state index contributed by atoms with van der Waals surface area (Å²) >= 11 is 0. The molecule has 0 aliphatic carbocycles. The molecule has 0 aromatic heterocycles. The van der Waals surface area contributed by atoms with Crippen molar-refractivity contribution in [1.29, 1.82) is 0 Å². The number of carbonyl (C=O) groups is 2. The minimum absolute atomic E-state index is 0.0716. The van der Waals surface area contributed by atoms with Gasteiger partial charge in [-0.15, -0.1) is 0 Å². The Balaban J connectivity index is 1.50. The number of amides is 2. The highest BCUT2D eigenvalue weighted by Gasteiger charge is 2.27. The van der Waals surface area contributed by atoms with E-state index in [1.54, 1.807) is 42.5 Å². The lowest BCUT2D eigenvalue weighted by Gasteiger charge is -2.25. The van der Waals surface area contributed by atoms with Crippen LogP contribution in [0.1, 0.15) is 23.7 Å². The zero-order chi connectivity index (χ0) is 18.4. The Hall–Kier alpha value is -3.22. The Morgan fingerprint density at radius 1 is 1.08 bits per heavy atom. The normalized spacial score (nSPS) is 15.0. The van der Waals surface area contributed by atoms with Gasteiger partial charge >= 0.3 is 0 Å². The largest absolute Gasteiger partial charge is 0.494 e. The maximum Gasteiger partial charge on any atom is 0.283 e. The highest BCUT2D eigenvalue weighted by atomic mass is 16.6. The van der Waals surface area contributed by atoms with Crippen molar-refractivity contribution >= 4 is 11.8 Å². The van der Waals surface area contributed by atoms with Crippen LogP contribution >= 0.6 is 0 Å². The molecular formula is C19H20N2O5. The van der Waals surface area contributed by atoms with Crippen LogP contribution in [0.25, 0.3) is 0 Å². The lowest BCUT2D eigenvalue weighted by Crippen LogP contribution is -2.50. The summed E-state index contributed by atoms with van der Waals surface area (Å²) < 4.78 is 16.5. The van der Waals surface area contributed by atoms with Crippen molar-refractivity contribution in [2.45, 2.75) is 19.4 Å². The standard InChI is InChI=1S/C19H20N2O5/c1-2-11-24-14-9-7-13(8-10-14)18(22)20-21-19(23)17-12-25-15-5-3-4-6-16(15)26-17/h3-10,17H,2,11-12H2,1H3,(H,20,22)(H,21,23)/t17-/m0/s1. The van der Waals surface area contributed by atoms with E-state index in [0.717, 1.165) is 6.42 Å². The molecule has 0 bridgehead atoms. The molecule has 7 heteroatoms. The van der Waals surface area contributed by atoms with E-state index < -0.39 is 17.9 Å². The zero-order valence-corrected chi connectivity index (χ0v) is 14.4. The molecule has 136 valence electrons. The molecule has 26 heavy (non-hydrogen) atoms. The summed E-state index contributed by atoms with van der Waals surface area (Å²) in [6, 6.07) is 13.8. The summed E-state index contributed by atoms with van der Waals surface area (Å²) in [5, 5.41) is 0. The Bertz CT molecular complexity index is 776. The number of carbonyl (C=O) groups excluding carboxylic acids is 2. The predicted octanol–water partition coefficient (Wildman–Crippen LogP) is 2.08. The second-order valence-corrected chi connectivity index (χ2v) is 5.68. The van der Waals surface area contributed by atoms with Crippen molar-refractivity contribution in [3.05, 3.63) is 54.1 Å². The van der Waals surface area contributed by atoms with E-state index >= 15 is 0 Å². The summed E-state index contributed by atoms with van der Waals surface area (Å²) in [7, 11) is 0. The number of fused-ring (bicyclic) bond motifs is 1. The Labute approximate surface area is 151 Å². The minimum Gasteiger partial charge on any atom is -0.494 e. The average Bonchev–Trinajstić information content (AvgIpc) is 2.70. The van der Waals surface area contributed by atoms with Gasteiger partial charge in [0.1, 0.15) is 12.4 Å². The van der Waals surface area contributed by atoms with E-state index in [1.165, 1.54) is 0 Å². The average molecular weight is 356 g/mol. The van der Waals surface area contributed by atoms with E-state index in [0.29, 0.717) is 29.4 Å². The van der Waals surface area contributed by atoms with Gasteiger partial charge in [-0.1, -0.05) is 19.1 Å². The molecule has 0 saturated carbocycles. The van der Waals surface area contributed by atoms with Gasteiger partial charge in [-0.25, -0.2) is 0 Å². The fourth-order valence-corrected chi connectivity index (χ4v) is 2.34. The molecule has 1 aliphatic rings. The van der Waals surface area contributed by atoms with Crippen LogP contribution in [0, 0.1) is 0 Å². The van der Waals surface area contributed by atoms with Crippen molar-refractivity contribution in [3.8, 4) is 17.2 Å². The van der Waals surface area contributed by atoms with E-state index in [1.807, 2.05) is 13.0 Å². The highest BCUT2D eigenvalue weighted by molar-refractivity contribution is 5.95. The monoisotopic (exact) mass is 356 g/mol. The van der Waals surface area contributed by atoms with Crippen LogP contribution in [-0.2, 0) is 4.79 Å². The van der Waals surface area contributed by atoms with Crippen LogP contribution in [0.5, 0.6) is 17.2 Å². The fraction of sp³-hybridized carbons (Fsp3) is 0.263. The van der Waals surface area contributed by atoms with Crippen molar-refractivity contribution < 1.29 is 23.8 Å². The first kappa shape index (κ1) is 17.6. The lowest BCUT2D eigenvalue weighted by atomic mass is 10.2. The molecule has 1 heterocycles. The van der Waals surface area contributed by atoms with Gasteiger partial charge in [0.05, 0.1) is 6.61 Å². The third-order valence-electron chi connectivity index (χ3n) is 3.69. The maximum absolute atomic E-state index is 12.2. The van der Waals surface area contributed by atoms with Crippen LogP contribution < -0.4 is 25.1 Å². The van der Waals surface area contributed by atoms with Gasteiger partial charge in [0.25, 0.3) is 11.8 Å². The van der Waals surface area contributed by atoms with Gasteiger partial charge in [-0.3, -0.25) is 20.4 Å². The van der Waals surface area contributed by atoms with Crippen LogP contribution in [0.15, 0.2) is 48.5 Å². The number of rotatable bonds is 5. The molecule has 7 nitrogen and oxygen atoms in total. The van der Waals surface area contributed by atoms with Gasteiger partial charge in [-0.05, 0) is 42.8 Å². The van der Waals surface area contributed by atoms with Crippen molar-refractivity contribution in [1.82, 2.24) is 10.9 Å². The first-order chi connectivity index (χ1) is 12.7. The number of para-hydroxylation sites is 2. The molecule has 2 aromatic carbocycles. The van der Waals surface area contributed by atoms with Gasteiger partial charge in [-0.2, -0.15) is 0 Å². The fourth-order valence-electron chi connectivity index (χ4n) is 2.34. The van der Waals surface area contributed by atoms with E-state index in [2.05, 4.69) is 10.9 Å². The molecule has 2 amide bonds. The van der Waals surface area contributed by atoms with Crippen LogP contribution in [0.4, 0.5) is 0 Å². The Kier molecular flexibility index (Phi) is 5.58. The number of ether oxygens (including phenoxy) is 3. The van der Waals surface area contributed by atoms with Crippen molar-refractivity contribution in [2.24, 2.45) is 0 Å². The molecule has 0 spiro atoms. The quantitative estimate of drug-likeness (QED) is 0.801. The van der Waals surface area contributed by atoms with Gasteiger partial charge in [0.15, 0.2) is 11.5 Å². The number of hydrogen-bond donors (Lipinski definition) is 2. The molecular weight excluding hydrogens is 336 g/mol. The SMILES string of the molecule is CCCOc1ccc(C(=O)NNC(=O)[C@@H]2COc3ccccc3O2)cc1. The van der Waals surface area contributed by atoms with Crippen LogP contribution in [0.2, 0.25) is 0 Å². The lowest BCUT2D eigenvalue weighted by molar-refractivity contribution is -0.131. The Morgan fingerprint density at radius 2 is 1.81 bits per heavy atom. The summed E-state index contributed by atoms with van der Waals surface area (Å²) in [5.74, 6) is 0.853. The highest BCUT2D eigenvalue weighted by Crippen LogP contribution is 2.30. The summed E-state index contributed by atoms with van der Waals surface area (Å²) in [6.45, 7) is 2.71. The molecule has 3 rings (SSSR count). The molecule has 1 aliphatic heterocycles. The second-order valence-electron chi connectivity index (χ2n) is 5.68. The van der Waals surface area contributed by atoms with Crippen LogP contribution in [0.3, 0.4) is 0 Å². The molecule has 0 unspecified atom stereocenters. The van der Waals surface area contributed by atoms with Crippen LogP contribution in [-0.4, -0.2) is 31.1 Å². The second kappa shape index (κ2) is 8.24. The smallest absolute Gasteiger partial charge is 0.283 e. The van der Waals surface area contributed by atoms with Gasteiger partial charge in [0, 0.05) is 5.56 Å². The molecule has 0 saturated heterocycles. The molecule has 2 N–H and O–H groups in total. The molecule has 1 atom stereocenters. The van der Waals surface area contributed by atoms with Gasteiger partial charge < -0.3 is 14.2 Å². The predicted molar refractivity (Wildman–Crippen MR) is 94.2 cm³/mol. The van der Waals surface area contributed by atoms with E-state index in [-0.39, 0.29) is 6.61 Å². The van der Waals surface area contributed by atoms with E-state index in [9.17, 15) is 9.59 Å². The van der Waals surface area contributed by atoms with Gasteiger partial charge in [0.2, 0.25) is 6.10 Å². The summed E-state index contributed by atoms with van der Waals surface area (Å²) in [6.07, 6.45) is 0.0705. The van der Waals surface area contributed by atoms with Crippen molar-refractivity contribution in [2.75, 3.05) is 13.2 Å². The number of nitrogens with one attached hydrogen (secondary N) is 2. The first-order valence-corrected chi connectivity index (χ1v) is 8.39. The summed E-state index contributed by atoms with van der Waals surface area (Å²) in [4.78, 5) is 24.3. The first-order valence-electron chi connectivity index (χ1n) is 8.39. The third kappa shape index (κ3) is 4.24. The molecule has 0 fully saturated rings.